The van der Waals surface area contributed by atoms with Crippen LogP contribution in [0.15, 0.2) is 12.7 Å². The number of fused-ring (bicyclic) bond motifs is 1. The third kappa shape index (κ3) is 4.55. The number of aliphatic carboxylic acids is 1. The molecular formula is C17H26N8O5. The molecule has 13 heteroatoms. The number of aromatic nitrogens is 4. The predicted molar refractivity (Wildman–Crippen MR) is 106 cm³/mol. The maximum absolute atomic E-state index is 10.8. The van der Waals surface area contributed by atoms with E-state index in [2.05, 4.69) is 15.0 Å². The molecular weight excluding hydrogens is 396 g/mol. The molecule has 0 radical (unpaired) electrons. The molecule has 0 unspecified atom stereocenters. The summed E-state index contributed by atoms with van der Waals surface area (Å²) in [6.45, 7) is 1.59. The minimum Gasteiger partial charge on any atom is -0.477 e. The van der Waals surface area contributed by atoms with Crippen LogP contribution in [0.5, 0.6) is 0 Å². The number of carboxylic acid groups (broad SMARTS) is 1. The van der Waals surface area contributed by atoms with Crippen LogP contribution in [0.2, 0.25) is 0 Å². The van der Waals surface area contributed by atoms with Crippen molar-refractivity contribution in [2.24, 2.45) is 5.73 Å². The lowest BCUT2D eigenvalue weighted by Gasteiger charge is -2.26. The van der Waals surface area contributed by atoms with Crippen LogP contribution in [0, 0.1) is 5.41 Å². The monoisotopic (exact) mass is 422 g/mol. The first kappa shape index (κ1) is 22.0. The van der Waals surface area contributed by atoms with E-state index in [0.717, 1.165) is 0 Å². The highest BCUT2D eigenvalue weighted by Crippen LogP contribution is 2.32. The Morgan fingerprint density at radius 2 is 2.03 bits per heavy atom. The van der Waals surface area contributed by atoms with Crippen molar-refractivity contribution in [3.63, 3.8) is 0 Å². The molecule has 1 saturated heterocycles. The number of ether oxygens (including phenoxy) is 1. The molecule has 1 aliphatic heterocycles. The summed E-state index contributed by atoms with van der Waals surface area (Å²) in [6.07, 6.45) is -0.736. The minimum atomic E-state index is -1.24. The summed E-state index contributed by atoms with van der Waals surface area (Å²) >= 11 is 0. The van der Waals surface area contributed by atoms with Crippen LogP contribution in [-0.4, -0.2) is 95.9 Å². The fourth-order valence-corrected chi connectivity index (χ4v) is 3.48. The number of nitrogen functional groups attached to an aromatic ring is 1. The quantitative estimate of drug-likeness (QED) is 0.234. The van der Waals surface area contributed by atoms with Gasteiger partial charge in [0.1, 0.15) is 35.9 Å². The summed E-state index contributed by atoms with van der Waals surface area (Å²) in [5.74, 6) is -1.04. The van der Waals surface area contributed by atoms with Crippen molar-refractivity contribution < 1.29 is 24.9 Å². The van der Waals surface area contributed by atoms with Gasteiger partial charge >= 0.3 is 5.97 Å². The molecule has 0 bridgehead atoms. The normalized spacial score (nSPS) is 24.0. The molecule has 3 rings (SSSR count). The van der Waals surface area contributed by atoms with E-state index in [-0.39, 0.29) is 24.5 Å². The van der Waals surface area contributed by atoms with Crippen LogP contribution in [0.3, 0.4) is 0 Å². The largest absolute Gasteiger partial charge is 0.477 e. The van der Waals surface area contributed by atoms with Gasteiger partial charge in [-0.2, -0.15) is 0 Å². The van der Waals surface area contributed by atoms with Crippen LogP contribution in [-0.2, 0) is 9.53 Å². The molecule has 2 aromatic rings. The van der Waals surface area contributed by atoms with E-state index in [0.29, 0.717) is 37.2 Å². The predicted octanol–water partition coefficient (Wildman–Crippen LogP) is -1.83. The number of hydrogen-bond donors (Lipinski definition) is 6. The second-order valence-electron chi connectivity index (χ2n) is 7.11. The summed E-state index contributed by atoms with van der Waals surface area (Å²) in [6, 6.07) is 0. The first-order chi connectivity index (χ1) is 14.3. The number of carbonyl (C=O) groups is 1. The zero-order chi connectivity index (χ0) is 21.8. The summed E-state index contributed by atoms with van der Waals surface area (Å²) in [5, 5.41) is 37.3. The van der Waals surface area contributed by atoms with Gasteiger partial charge in [0, 0.05) is 19.6 Å². The third-order valence-electron chi connectivity index (χ3n) is 5.04. The average Bonchev–Trinajstić information content (AvgIpc) is 3.25. The average molecular weight is 422 g/mol. The number of rotatable bonds is 10. The van der Waals surface area contributed by atoms with Crippen LogP contribution in [0.4, 0.5) is 5.82 Å². The molecule has 8 N–H and O–H groups in total. The Kier molecular flexibility index (Phi) is 6.89. The molecule has 0 saturated carbocycles. The summed E-state index contributed by atoms with van der Waals surface area (Å²) < 4.78 is 7.43. The molecule has 13 nitrogen and oxygen atoms in total. The second kappa shape index (κ2) is 9.40. The fourth-order valence-electron chi connectivity index (χ4n) is 3.48. The number of nitrogens with two attached hydrogens (primary N) is 2. The maximum atomic E-state index is 10.8. The molecule has 0 spiro atoms. The van der Waals surface area contributed by atoms with Crippen LogP contribution < -0.4 is 11.5 Å². The van der Waals surface area contributed by atoms with E-state index in [9.17, 15) is 15.0 Å². The Bertz CT molecular complexity index is 905. The summed E-state index contributed by atoms with van der Waals surface area (Å²) in [7, 11) is 0. The Labute approximate surface area is 171 Å². The number of hydrogen-bond acceptors (Lipinski definition) is 11. The summed E-state index contributed by atoms with van der Waals surface area (Å²) in [4.78, 5) is 24.8. The highest BCUT2D eigenvalue weighted by atomic mass is 16.6. The first-order valence-electron chi connectivity index (χ1n) is 9.51. The van der Waals surface area contributed by atoms with Crippen molar-refractivity contribution in [2.45, 2.75) is 37.4 Å². The summed E-state index contributed by atoms with van der Waals surface area (Å²) in [5.41, 5.74) is 11.8. The van der Waals surface area contributed by atoms with Gasteiger partial charge in [0.15, 0.2) is 17.7 Å². The Morgan fingerprint density at radius 1 is 1.27 bits per heavy atom. The molecule has 0 amide bonds. The van der Waals surface area contributed by atoms with Gasteiger partial charge in [-0.1, -0.05) is 0 Å². The van der Waals surface area contributed by atoms with Gasteiger partial charge < -0.3 is 31.5 Å². The maximum Gasteiger partial charge on any atom is 0.349 e. The van der Waals surface area contributed by atoms with Crippen molar-refractivity contribution in [1.82, 2.24) is 24.4 Å². The number of anilines is 1. The van der Waals surface area contributed by atoms with Gasteiger partial charge in [0.2, 0.25) is 0 Å². The zero-order valence-corrected chi connectivity index (χ0v) is 16.3. The lowest BCUT2D eigenvalue weighted by molar-refractivity contribution is -0.129. The van der Waals surface area contributed by atoms with Crippen LogP contribution >= 0.6 is 0 Å². The van der Waals surface area contributed by atoms with Crippen LogP contribution in [0.25, 0.3) is 11.2 Å². The lowest BCUT2D eigenvalue weighted by Crippen LogP contribution is -2.42. The zero-order valence-electron chi connectivity index (χ0n) is 16.3. The van der Waals surface area contributed by atoms with Gasteiger partial charge in [-0.05, 0) is 19.4 Å². The van der Waals surface area contributed by atoms with E-state index >= 15 is 0 Å². The van der Waals surface area contributed by atoms with Crippen LogP contribution in [0.1, 0.15) is 19.1 Å². The molecule has 0 aliphatic carbocycles. The Morgan fingerprint density at radius 3 is 2.73 bits per heavy atom. The van der Waals surface area contributed by atoms with Crippen molar-refractivity contribution >= 4 is 28.7 Å². The molecule has 164 valence electrons. The second-order valence-corrected chi connectivity index (χ2v) is 7.11. The molecule has 0 aromatic carbocycles. The van der Waals surface area contributed by atoms with Gasteiger partial charge in [0.25, 0.3) is 0 Å². The minimum absolute atomic E-state index is 0.123. The van der Waals surface area contributed by atoms with Gasteiger partial charge in [-0.3, -0.25) is 14.9 Å². The number of nitrogens with one attached hydrogen (secondary N) is 1. The van der Waals surface area contributed by atoms with E-state index in [1.54, 1.807) is 0 Å². The molecule has 3 heterocycles. The molecule has 2 aromatic heterocycles. The molecule has 4 atom stereocenters. The van der Waals surface area contributed by atoms with Crippen molar-refractivity contribution in [1.29, 1.82) is 5.41 Å². The molecule has 1 aliphatic rings. The topological polar surface area (TPSA) is 210 Å². The smallest absolute Gasteiger partial charge is 0.349 e. The van der Waals surface area contributed by atoms with Crippen molar-refractivity contribution in [3.05, 3.63) is 12.7 Å². The van der Waals surface area contributed by atoms with E-state index < -0.39 is 30.5 Å². The standard InChI is InChI=1S/C17H26N8O5/c18-3-5-24(4-1-2-9(19)17(28)29)6-10-12(26)13(27)16(30-10)25-8-23-11-14(20)21-7-22-15(11)25/h7-8,10,12-13,16,19,26-27H,1-6,18H2,(H,28,29)(H2,20,21,22)/t10-,12-,13-,16-/m1/s1. The number of nitrogens with zero attached hydrogens (tertiary/aromatic N) is 5. The molecule has 1 fully saturated rings. The number of carboxylic acids is 1. The van der Waals surface area contributed by atoms with E-state index in [1.165, 1.54) is 17.2 Å². The number of aliphatic hydroxyl groups is 2. The number of imidazole rings is 1. The lowest BCUT2D eigenvalue weighted by atomic mass is 10.1. The Balaban J connectivity index is 1.67. The number of aliphatic hydroxyl groups excluding tert-OH is 2. The van der Waals surface area contributed by atoms with Gasteiger partial charge in [-0.25, -0.2) is 19.7 Å². The SMILES string of the molecule is N=C(CCCN(CCN)C[C@H]1O[C@@H](n2cnc3c(N)ncnc32)[C@H](O)[C@@H]1O)C(=O)O. The van der Waals surface area contributed by atoms with Gasteiger partial charge in [0.05, 0.1) is 6.33 Å². The molecule has 30 heavy (non-hydrogen) atoms. The van der Waals surface area contributed by atoms with Gasteiger partial charge in [-0.15, -0.1) is 0 Å². The van der Waals surface area contributed by atoms with Crippen molar-refractivity contribution in [3.8, 4) is 0 Å². The Hall–Kier alpha value is -2.71. The van der Waals surface area contributed by atoms with E-state index in [1.807, 2.05) is 4.90 Å². The first-order valence-corrected chi connectivity index (χ1v) is 9.51. The highest BCUT2D eigenvalue weighted by Gasteiger charge is 2.44. The van der Waals surface area contributed by atoms with Crippen molar-refractivity contribution in [2.75, 3.05) is 31.9 Å². The third-order valence-corrected chi connectivity index (χ3v) is 5.04. The highest BCUT2D eigenvalue weighted by molar-refractivity contribution is 6.34. The van der Waals surface area contributed by atoms with E-state index in [4.69, 9.17) is 26.7 Å². The fraction of sp³-hybridized carbons (Fsp3) is 0.588.